The molecule has 0 radical (unpaired) electrons. The maximum Gasteiger partial charge on any atom is 0.312 e. The molecule has 24 heavy (non-hydrogen) atoms. The summed E-state index contributed by atoms with van der Waals surface area (Å²) >= 11 is 0. The SMILES string of the molecule is COC(=O)[C@H]1[C@@H](c2cccc(OC)c2)c2c([nH][nH]c2=O)C[C@@]1(C)O. The van der Waals surface area contributed by atoms with Crippen LogP contribution in [-0.2, 0) is 16.0 Å². The molecule has 0 amide bonds. The summed E-state index contributed by atoms with van der Waals surface area (Å²) in [6.07, 6.45) is 0.154. The lowest BCUT2D eigenvalue weighted by atomic mass is 9.66. The van der Waals surface area contributed by atoms with Crippen molar-refractivity contribution in [3.8, 4) is 5.75 Å². The molecule has 0 saturated heterocycles. The summed E-state index contributed by atoms with van der Waals surface area (Å²) in [4.78, 5) is 24.7. The lowest BCUT2D eigenvalue weighted by Crippen LogP contribution is -2.49. The lowest BCUT2D eigenvalue weighted by Gasteiger charge is -2.40. The molecule has 1 aromatic carbocycles. The largest absolute Gasteiger partial charge is 0.497 e. The van der Waals surface area contributed by atoms with Gasteiger partial charge in [-0.1, -0.05) is 12.1 Å². The summed E-state index contributed by atoms with van der Waals surface area (Å²) in [5.74, 6) is -1.49. The zero-order chi connectivity index (χ0) is 17.5. The number of carbonyl (C=O) groups is 1. The molecule has 0 saturated carbocycles. The van der Waals surface area contributed by atoms with E-state index in [0.717, 1.165) is 0 Å². The van der Waals surface area contributed by atoms with Gasteiger partial charge in [0.05, 0.1) is 25.7 Å². The van der Waals surface area contributed by atoms with E-state index in [1.807, 2.05) is 0 Å². The van der Waals surface area contributed by atoms with Gasteiger partial charge in [0, 0.05) is 23.6 Å². The molecule has 7 nitrogen and oxygen atoms in total. The van der Waals surface area contributed by atoms with E-state index in [-0.39, 0.29) is 12.0 Å². The maximum atomic E-state index is 12.4. The molecule has 0 spiro atoms. The second kappa shape index (κ2) is 5.83. The van der Waals surface area contributed by atoms with Crippen molar-refractivity contribution in [3.05, 3.63) is 51.4 Å². The van der Waals surface area contributed by atoms with Gasteiger partial charge in [0.1, 0.15) is 5.75 Å². The van der Waals surface area contributed by atoms with Crippen LogP contribution < -0.4 is 10.3 Å². The Balaban J connectivity index is 2.25. The number of methoxy groups -OCH3 is 2. The van der Waals surface area contributed by atoms with Crippen molar-refractivity contribution in [2.75, 3.05) is 14.2 Å². The van der Waals surface area contributed by atoms with Crippen molar-refractivity contribution in [1.82, 2.24) is 10.2 Å². The first-order valence-electron chi connectivity index (χ1n) is 7.62. The van der Waals surface area contributed by atoms with Crippen molar-refractivity contribution < 1.29 is 19.4 Å². The van der Waals surface area contributed by atoms with E-state index in [2.05, 4.69) is 10.2 Å². The number of ether oxygens (including phenoxy) is 2. The number of benzene rings is 1. The quantitative estimate of drug-likeness (QED) is 0.726. The van der Waals surface area contributed by atoms with Gasteiger partial charge in [0.15, 0.2) is 0 Å². The van der Waals surface area contributed by atoms with Crippen molar-refractivity contribution >= 4 is 5.97 Å². The van der Waals surface area contributed by atoms with Crippen LogP contribution in [0, 0.1) is 5.92 Å². The molecule has 1 heterocycles. The number of aliphatic hydroxyl groups is 1. The highest BCUT2D eigenvalue weighted by atomic mass is 16.5. The van der Waals surface area contributed by atoms with E-state index in [1.165, 1.54) is 7.11 Å². The molecule has 0 bridgehead atoms. The summed E-state index contributed by atoms with van der Waals surface area (Å²) in [5.41, 5.74) is 0.0837. The molecular weight excluding hydrogens is 312 g/mol. The van der Waals surface area contributed by atoms with Gasteiger partial charge in [-0.2, -0.15) is 0 Å². The van der Waals surface area contributed by atoms with Gasteiger partial charge < -0.3 is 19.7 Å². The molecule has 3 atom stereocenters. The first-order chi connectivity index (χ1) is 11.4. The first-order valence-corrected chi connectivity index (χ1v) is 7.62. The third kappa shape index (κ3) is 2.50. The van der Waals surface area contributed by atoms with Crippen molar-refractivity contribution in [2.45, 2.75) is 24.9 Å². The Kier molecular flexibility index (Phi) is 3.96. The Morgan fingerprint density at radius 2 is 2.08 bits per heavy atom. The van der Waals surface area contributed by atoms with Crippen molar-refractivity contribution in [1.29, 1.82) is 0 Å². The van der Waals surface area contributed by atoms with Gasteiger partial charge in [-0.05, 0) is 24.6 Å². The molecule has 1 aromatic heterocycles. The Hall–Kier alpha value is -2.54. The highest BCUT2D eigenvalue weighted by Gasteiger charge is 2.51. The van der Waals surface area contributed by atoms with Crippen LogP contribution in [0.4, 0.5) is 0 Å². The van der Waals surface area contributed by atoms with Gasteiger partial charge in [-0.15, -0.1) is 0 Å². The van der Waals surface area contributed by atoms with Crippen LogP contribution in [0.3, 0.4) is 0 Å². The van der Waals surface area contributed by atoms with Crippen LogP contribution in [-0.4, -0.2) is 41.1 Å². The second-order valence-electron chi connectivity index (χ2n) is 6.26. The highest BCUT2D eigenvalue weighted by molar-refractivity contribution is 5.77. The van der Waals surface area contributed by atoms with Crippen LogP contribution in [0.5, 0.6) is 5.75 Å². The van der Waals surface area contributed by atoms with Gasteiger partial charge >= 0.3 is 5.97 Å². The third-order valence-corrected chi connectivity index (χ3v) is 4.65. The van der Waals surface area contributed by atoms with Gasteiger partial charge in [0.25, 0.3) is 5.56 Å². The van der Waals surface area contributed by atoms with E-state index in [9.17, 15) is 14.7 Å². The molecule has 128 valence electrons. The average Bonchev–Trinajstić information content (AvgIpc) is 2.92. The number of esters is 1. The number of hydrogen-bond donors (Lipinski definition) is 3. The number of fused-ring (bicyclic) bond motifs is 1. The first kappa shape index (κ1) is 16.3. The molecule has 3 rings (SSSR count). The van der Waals surface area contributed by atoms with E-state index in [4.69, 9.17) is 9.47 Å². The predicted molar refractivity (Wildman–Crippen MR) is 86.1 cm³/mol. The van der Waals surface area contributed by atoms with Crippen LogP contribution in [0.15, 0.2) is 29.1 Å². The maximum absolute atomic E-state index is 12.4. The molecule has 2 aromatic rings. The van der Waals surface area contributed by atoms with E-state index in [0.29, 0.717) is 22.6 Å². The number of H-pyrrole nitrogens is 2. The fourth-order valence-electron chi connectivity index (χ4n) is 3.58. The molecule has 1 aliphatic rings. The Morgan fingerprint density at radius 3 is 2.75 bits per heavy atom. The topological polar surface area (TPSA) is 104 Å². The summed E-state index contributed by atoms with van der Waals surface area (Å²) in [6.45, 7) is 1.58. The van der Waals surface area contributed by atoms with E-state index >= 15 is 0 Å². The molecule has 0 unspecified atom stereocenters. The number of aromatic amines is 2. The van der Waals surface area contributed by atoms with Crippen LogP contribution in [0.1, 0.15) is 29.7 Å². The molecule has 0 aliphatic heterocycles. The zero-order valence-electron chi connectivity index (χ0n) is 13.8. The molecule has 3 N–H and O–H groups in total. The minimum atomic E-state index is -1.36. The number of nitrogens with one attached hydrogen (secondary N) is 2. The average molecular weight is 332 g/mol. The molecule has 1 aliphatic carbocycles. The molecular formula is C17H20N2O5. The molecule has 7 heteroatoms. The van der Waals surface area contributed by atoms with Crippen LogP contribution in [0.2, 0.25) is 0 Å². The number of carbonyl (C=O) groups excluding carboxylic acids is 1. The summed E-state index contributed by atoms with van der Waals surface area (Å²) in [7, 11) is 2.82. The standard InChI is InChI=1S/C17H20N2O5/c1-17(22)8-11-13(15(20)19-18-11)12(14(17)16(21)24-3)9-5-4-6-10(7-9)23-2/h4-7,12,14,22H,8H2,1-3H3,(H2,18,19,20)/t12-,14+,17+/m0/s1. The van der Waals surface area contributed by atoms with E-state index in [1.54, 1.807) is 38.3 Å². The summed E-state index contributed by atoms with van der Waals surface area (Å²) in [5, 5.41) is 16.2. The minimum Gasteiger partial charge on any atom is -0.497 e. The predicted octanol–water partition coefficient (Wildman–Crippen LogP) is 0.940. The van der Waals surface area contributed by atoms with Crippen LogP contribution in [0.25, 0.3) is 0 Å². The zero-order valence-corrected chi connectivity index (χ0v) is 13.8. The summed E-state index contributed by atoms with van der Waals surface area (Å²) in [6, 6.07) is 7.13. The second-order valence-corrected chi connectivity index (χ2v) is 6.26. The monoisotopic (exact) mass is 332 g/mol. The Labute approximate surface area is 138 Å². The lowest BCUT2D eigenvalue weighted by molar-refractivity contribution is -0.156. The van der Waals surface area contributed by atoms with Crippen LogP contribution >= 0.6 is 0 Å². The van der Waals surface area contributed by atoms with Crippen molar-refractivity contribution in [2.24, 2.45) is 5.92 Å². The van der Waals surface area contributed by atoms with Crippen molar-refractivity contribution in [3.63, 3.8) is 0 Å². The highest BCUT2D eigenvalue weighted by Crippen LogP contribution is 2.44. The van der Waals surface area contributed by atoms with E-state index < -0.39 is 23.4 Å². The Morgan fingerprint density at radius 1 is 1.33 bits per heavy atom. The third-order valence-electron chi connectivity index (χ3n) is 4.65. The number of aromatic nitrogens is 2. The van der Waals surface area contributed by atoms with Gasteiger partial charge in [-0.3, -0.25) is 14.7 Å². The number of hydrogen-bond acceptors (Lipinski definition) is 5. The fraction of sp³-hybridized carbons (Fsp3) is 0.412. The molecule has 0 fully saturated rings. The minimum absolute atomic E-state index is 0.154. The van der Waals surface area contributed by atoms with Gasteiger partial charge in [-0.25, -0.2) is 0 Å². The number of rotatable bonds is 3. The Bertz CT molecular complexity index is 820. The fourth-order valence-corrected chi connectivity index (χ4v) is 3.58. The van der Waals surface area contributed by atoms with Gasteiger partial charge in [0.2, 0.25) is 0 Å². The summed E-state index contributed by atoms with van der Waals surface area (Å²) < 4.78 is 10.2. The smallest absolute Gasteiger partial charge is 0.312 e. The normalized spacial score (nSPS) is 25.8.